The van der Waals surface area contributed by atoms with Gasteiger partial charge in [-0.3, -0.25) is 14.4 Å². The van der Waals surface area contributed by atoms with Gasteiger partial charge in [-0.2, -0.15) is 0 Å². The highest BCUT2D eigenvalue weighted by molar-refractivity contribution is 5.95. The minimum absolute atomic E-state index is 0.00658. The van der Waals surface area contributed by atoms with Crippen molar-refractivity contribution in [3.8, 4) is 5.75 Å². The summed E-state index contributed by atoms with van der Waals surface area (Å²) in [6.45, 7) is 2.90. The number of aromatic hydroxyl groups is 1. The summed E-state index contributed by atoms with van der Waals surface area (Å²) in [6.07, 6.45) is 2.34. The Bertz CT molecular complexity index is 1360. The standard InChI is InChI=1S/C29H37N5O7/c1-3-16(2)25(30)28(39)32-22(13-18-14-31-21-7-5-4-6-20(18)21)26(37)34-24(15-35)27(38)33-23(29(40)41)12-17-8-10-19(36)11-9-17/h4-11,14,16,22-25,31,35-36H,3,12-13,15,30H2,1-2H3,(H,32,39)(H,33,38)(H,34,37)(H,40,41). The third-order valence-electron chi connectivity index (χ3n) is 7.10. The maximum atomic E-state index is 13.4. The molecule has 12 nitrogen and oxygen atoms in total. The number of aliphatic hydroxyl groups excluding tert-OH is 1. The normalized spacial score (nSPS) is 14.8. The van der Waals surface area contributed by atoms with Crippen LogP contribution in [0.4, 0.5) is 0 Å². The largest absolute Gasteiger partial charge is 0.508 e. The molecule has 0 saturated heterocycles. The Morgan fingerprint density at radius 3 is 2.12 bits per heavy atom. The lowest BCUT2D eigenvalue weighted by Gasteiger charge is -2.25. The van der Waals surface area contributed by atoms with E-state index in [1.807, 2.05) is 38.1 Å². The molecule has 0 saturated carbocycles. The summed E-state index contributed by atoms with van der Waals surface area (Å²) < 4.78 is 0. The first kappa shape index (κ1) is 31.1. The number of fused-ring (bicyclic) bond motifs is 1. The number of hydrogen-bond acceptors (Lipinski definition) is 7. The third kappa shape index (κ3) is 8.29. The average Bonchev–Trinajstić information content (AvgIpc) is 3.37. The van der Waals surface area contributed by atoms with Gasteiger partial charge in [0, 0.05) is 29.9 Å². The van der Waals surface area contributed by atoms with Gasteiger partial charge in [0.05, 0.1) is 12.6 Å². The Morgan fingerprint density at radius 2 is 1.49 bits per heavy atom. The van der Waals surface area contributed by atoms with Crippen LogP contribution in [0.2, 0.25) is 0 Å². The Morgan fingerprint density at radius 1 is 0.878 bits per heavy atom. The van der Waals surface area contributed by atoms with Gasteiger partial charge in [0.15, 0.2) is 0 Å². The minimum Gasteiger partial charge on any atom is -0.508 e. The lowest BCUT2D eigenvalue weighted by Crippen LogP contribution is -2.59. The second-order valence-corrected chi connectivity index (χ2v) is 10.0. The highest BCUT2D eigenvalue weighted by Crippen LogP contribution is 2.19. The van der Waals surface area contributed by atoms with E-state index in [0.29, 0.717) is 12.0 Å². The number of benzene rings is 2. The van der Waals surface area contributed by atoms with E-state index in [0.717, 1.165) is 16.5 Å². The number of para-hydroxylation sites is 1. The number of amides is 3. The number of carbonyl (C=O) groups is 4. The Labute approximate surface area is 237 Å². The van der Waals surface area contributed by atoms with Crippen LogP contribution in [0.1, 0.15) is 31.4 Å². The van der Waals surface area contributed by atoms with Crippen LogP contribution < -0.4 is 21.7 Å². The predicted octanol–water partition coefficient (Wildman–Crippen LogP) is 0.563. The van der Waals surface area contributed by atoms with Crippen LogP contribution in [-0.4, -0.2) is 74.8 Å². The number of aliphatic carboxylic acids is 1. The second-order valence-electron chi connectivity index (χ2n) is 10.0. The van der Waals surface area contributed by atoms with Gasteiger partial charge >= 0.3 is 5.97 Å². The number of aliphatic hydroxyl groups is 1. The van der Waals surface area contributed by atoms with E-state index < -0.39 is 54.5 Å². The van der Waals surface area contributed by atoms with E-state index in [9.17, 15) is 34.5 Å². The van der Waals surface area contributed by atoms with Gasteiger partial charge in [0.1, 0.15) is 23.9 Å². The first-order chi connectivity index (χ1) is 19.5. The number of aromatic nitrogens is 1. The molecule has 0 fully saturated rings. The molecule has 9 N–H and O–H groups in total. The molecule has 0 spiro atoms. The molecular weight excluding hydrogens is 530 g/mol. The monoisotopic (exact) mass is 567 g/mol. The van der Waals surface area contributed by atoms with E-state index in [1.165, 1.54) is 24.3 Å². The molecule has 0 radical (unpaired) electrons. The van der Waals surface area contributed by atoms with Gasteiger partial charge in [-0.25, -0.2) is 4.79 Å². The quantitative estimate of drug-likeness (QED) is 0.138. The Kier molecular flexibility index (Phi) is 10.8. The Hall–Kier alpha value is -4.42. The van der Waals surface area contributed by atoms with E-state index in [2.05, 4.69) is 20.9 Å². The van der Waals surface area contributed by atoms with Crippen molar-refractivity contribution in [2.75, 3.05) is 6.61 Å². The predicted molar refractivity (Wildman–Crippen MR) is 152 cm³/mol. The molecular formula is C29H37N5O7. The van der Waals surface area contributed by atoms with E-state index in [-0.39, 0.29) is 24.5 Å². The second kappa shape index (κ2) is 14.3. The van der Waals surface area contributed by atoms with Crippen molar-refractivity contribution in [1.82, 2.24) is 20.9 Å². The molecule has 5 unspecified atom stereocenters. The van der Waals surface area contributed by atoms with Gasteiger partial charge in [0.25, 0.3) is 0 Å². The highest BCUT2D eigenvalue weighted by atomic mass is 16.4. The molecule has 5 atom stereocenters. The summed E-state index contributed by atoms with van der Waals surface area (Å²) in [5, 5.41) is 37.3. The van der Waals surface area contributed by atoms with Gasteiger partial charge in [-0.15, -0.1) is 0 Å². The summed E-state index contributed by atoms with van der Waals surface area (Å²) in [5.74, 6) is -3.67. The van der Waals surface area contributed by atoms with Crippen molar-refractivity contribution >= 4 is 34.6 Å². The van der Waals surface area contributed by atoms with E-state index in [1.54, 1.807) is 6.20 Å². The fourth-order valence-electron chi connectivity index (χ4n) is 4.32. The van der Waals surface area contributed by atoms with Crippen LogP contribution in [0.5, 0.6) is 5.75 Å². The molecule has 1 heterocycles. The van der Waals surface area contributed by atoms with Crippen LogP contribution in [-0.2, 0) is 32.0 Å². The molecule has 1 aromatic heterocycles. The number of carboxylic acids is 1. The van der Waals surface area contributed by atoms with Crippen LogP contribution in [0.3, 0.4) is 0 Å². The third-order valence-corrected chi connectivity index (χ3v) is 7.10. The molecule has 2 aromatic carbocycles. The first-order valence-electron chi connectivity index (χ1n) is 13.4. The maximum absolute atomic E-state index is 13.4. The number of hydrogen-bond donors (Lipinski definition) is 8. The number of phenolic OH excluding ortho intramolecular Hbond substituents is 1. The van der Waals surface area contributed by atoms with E-state index >= 15 is 0 Å². The lowest BCUT2D eigenvalue weighted by molar-refractivity contribution is -0.142. The fraction of sp³-hybridized carbons (Fsp3) is 0.379. The maximum Gasteiger partial charge on any atom is 0.326 e. The zero-order valence-corrected chi connectivity index (χ0v) is 23.0. The molecule has 0 bridgehead atoms. The lowest BCUT2D eigenvalue weighted by atomic mass is 9.98. The summed E-state index contributed by atoms with van der Waals surface area (Å²) in [5.41, 5.74) is 8.21. The van der Waals surface area contributed by atoms with Crippen molar-refractivity contribution in [1.29, 1.82) is 0 Å². The average molecular weight is 568 g/mol. The molecule has 0 aliphatic heterocycles. The van der Waals surface area contributed by atoms with Gasteiger partial charge in [0.2, 0.25) is 17.7 Å². The summed E-state index contributed by atoms with van der Waals surface area (Å²) >= 11 is 0. The summed E-state index contributed by atoms with van der Waals surface area (Å²) in [7, 11) is 0. The van der Waals surface area contributed by atoms with Gasteiger partial charge in [-0.05, 0) is 35.2 Å². The SMILES string of the molecule is CCC(C)C(N)C(=O)NC(Cc1c[nH]c2ccccc12)C(=O)NC(CO)C(=O)NC(Cc1ccc(O)cc1)C(=O)O. The van der Waals surface area contributed by atoms with Crippen molar-refractivity contribution < 1.29 is 34.5 Å². The fourth-order valence-corrected chi connectivity index (χ4v) is 4.32. The number of rotatable bonds is 14. The number of H-pyrrole nitrogens is 1. The van der Waals surface area contributed by atoms with Crippen LogP contribution >= 0.6 is 0 Å². The number of carboxylic acid groups (broad SMARTS) is 1. The summed E-state index contributed by atoms with van der Waals surface area (Å²) in [6, 6.07) is 8.38. The van der Waals surface area contributed by atoms with Crippen LogP contribution in [0.15, 0.2) is 54.7 Å². The smallest absolute Gasteiger partial charge is 0.326 e. The number of carbonyl (C=O) groups excluding carboxylic acids is 3. The minimum atomic E-state index is -1.49. The molecule has 3 rings (SSSR count). The van der Waals surface area contributed by atoms with Gasteiger partial charge in [-0.1, -0.05) is 50.6 Å². The van der Waals surface area contributed by atoms with E-state index in [4.69, 9.17) is 5.73 Å². The molecule has 3 amide bonds. The van der Waals surface area contributed by atoms with Gasteiger partial charge < -0.3 is 42.0 Å². The molecule has 0 aliphatic carbocycles. The topological polar surface area (TPSA) is 207 Å². The van der Waals surface area contributed by atoms with Crippen LogP contribution in [0.25, 0.3) is 10.9 Å². The highest BCUT2D eigenvalue weighted by Gasteiger charge is 2.31. The molecule has 3 aromatic rings. The van der Waals surface area contributed by atoms with Crippen molar-refractivity contribution in [3.63, 3.8) is 0 Å². The molecule has 12 heteroatoms. The Balaban J connectivity index is 1.77. The summed E-state index contributed by atoms with van der Waals surface area (Å²) in [4.78, 5) is 54.2. The number of nitrogens with two attached hydrogens (primary N) is 1. The van der Waals surface area contributed by atoms with Crippen molar-refractivity contribution in [2.24, 2.45) is 11.7 Å². The molecule has 220 valence electrons. The zero-order chi connectivity index (χ0) is 30.1. The number of phenols is 1. The van der Waals surface area contributed by atoms with Crippen molar-refractivity contribution in [3.05, 3.63) is 65.9 Å². The first-order valence-corrected chi connectivity index (χ1v) is 13.4. The number of aromatic amines is 1. The molecule has 41 heavy (non-hydrogen) atoms. The number of nitrogens with one attached hydrogen (secondary N) is 4. The van der Waals surface area contributed by atoms with Crippen molar-refractivity contribution in [2.45, 2.75) is 57.3 Å². The van der Waals surface area contributed by atoms with Crippen LogP contribution in [0, 0.1) is 5.92 Å². The zero-order valence-electron chi connectivity index (χ0n) is 23.0. The molecule has 0 aliphatic rings.